The average molecular weight is 348 g/mol. The minimum absolute atomic E-state index is 0.102. The van der Waals surface area contributed by atoms with E-state index in [4.69, 9.17) is 5.73 Å². The van der Waals surface area contributed by atoms with E-state index < -0.39 is 5.82 Å². The number of halogens is 2. The lowest BCUT2D eigenvalue weighted by atomic mass is 10.2. The first-order chi connectivity index (χ1) is 10.1. The molecule has 21 heavy (non-hydrogen) atoms. The van der Waals surface area contributed by atoms with Gasteiger partial charge >= 0.3 is 0 Å². The van der Waals surface area contributed by atoms with Crippen LogP contribution in [0.1, 0.15) is 5.56 Å². The van der Waals surface area contributed by atoms with Crippen molar-refractivity contribution in [3.8, 4) is 11.4 Å². The van der Waals surface area contributed by atoms with E-state index in [0.29, 0.717) is 17.9 Å². The molecule has 5 nitrogen and oxygen atoms in total. The fraction of sp³-hybridized carbons (Fsp3) is 0.0714. The van der Waals surface area contributed by atoms with E-state index in [1.807, 2.05) is 24.3 Å². The van der Waals surface area contributed by atoms with Crippen molar-refractivity contribution in [3.63, 3.8) is 0 Å². The number of rotatable bonds is 3. The Morgan fingerprint density at radius 3 is 2.81 bits per heavy atom. The van der Waals surface area contributed by atoms with Crippen molar-refractivity contribution in [2.24, 2.45) is 0 Å². The lowest BCUT2D eigenvalue weighted by Crippen LogP contribution is -2.04. The van der Waals surface area contributed by atoms with Crippen LogP contribution in [0.2, 0.25) is 0 Å². The molecule has 0 spiro atoms. The van der Waals surface area contributed by atoms with E-state index in [-0.39, 0.29) is 5.69 Å². The quantitative estimate of drug-likeness (QED) is 0.739. The van der Waals surface area contributed by atoms with Gasteiger partial charge in [0.15, 0.2) is 5.82 Å². The lowest BCUT2D eigenvalue weighted by molar-refractivity contribution is 0.631. The third-order valence-corrected chi connectivity index (χ3v) is 3.51. The number of aromatic nitrogens is 4. The number of hydrogen-bond acceptors (Lipinski definition) is 4. The number of tetrazole rings is 1. The van der Waals surface area contributed by atoms with Gasteiger partial charge in [0.25, 0.3) is 0 Å². The van der Waals surface area contributed by atoms with Crippen LogP contribution in [0.3, 0.4) is 0 Å². The molecule has 3 rings (SSSR count). The largest absolute Gasteiger partial charge is 0.396 e. The highest BCUT2D eigenvalue weighted by molar-refractivity contribution is 9.10. The molecule has 2 N–H and O–H groups in total. The highest BCUT2D eigenvalue weighted by Crippen LogP contribution is 2.21. The van der Waals surface area contributed by atoms with Crippen molar-refractivity contribution >= 4 is 21.6 Å². The number of hydrogen-bond donors (Lipinski definition) is 1. The van der Waals surface area contributed by atoms with Crippen LogP contribution in [0.4, 0.5) is 10.1 Å². The van der Waals surface area contributed by atoms with Crippen LogP contribution < -0.4 is 5.73 Å². The van der Waals surface area contributed by atoms with Gasteiger partial charge in [0.05, 0.1) is 12.2 Å². The Kier molecular flexibility index (Phi) is 3.66. The number of nitrogen functional groups attached to an aromatic ring is 1. The summed E-state index contributed by atoms with van der Waals surface area (Å²) in [6.07, 6.45) is 0. The molecule has 0 fully saturated rings. The number of benzene rings is 2. The molecule has 0 bridgehead atoms. The Morgan fingerprint density at radius 2 is 2.05 bits per heavy atom. The highest BCUT2D eigenvalue weighted by atomic mass is 79.9. The molecule has 3 aromatic rings. The van der Waals surface area contributed by atoms with E-state index >= 15 is 0 Å². The summed E-state index contributed by atoms with van der Waals surface area (Å²) in [5.41, 5.74) is 7.20. The Morgan fingerprint density at radius 1 is 1.19 bits per heavy atom. The maximum atomic E-state index is 13.6. The first kappa shape index (κ1) is 13.7. The molecule has 0 aliphatic carbocycles. The molecule has 0 saturated heterocycles. The topological polar surface area (TPSA) is 69.6 Å². The predicted octanol–water partition coefficient (Wildman–Crippen LogP) is 2.87. The number of nitrogens with two attached hydrogens (primary N) is 1. The normalized spacial score (nSPS) is 10.8. The van der Waals surface area contributed by atoms with Crippen LogP contribution in [-0.4, -0.2) is 20.2 Å². The minimum Gasteiger partial charge on any atom is -0.396 e. The van der Waals surface area contributed by atoms with Crippen molar-refractivity contribution in [1.29, 1.82) is 0 Å². The molecule has 1 heterocycles. The minimum atomic E-state index is -0.482. The highest BCUT2D eigenvalue weighted by Gasteiger charge is 2.11. The molecular formula is C14H11BrFN5. The summed E-state index contributed by atoms with van der Waals surface area (Å²) < 4.78 is 16.2. The SMILES string of the molecule is Nc1ccc(-c2nnnn2Cc2cccc(Br)c2)cc1F. The van der Waals surface area contributed by atoms with E-state index in [1.165, 1.54) is 12.1 Å². The van der Waals surface area contributed by atoms with Gasteiger partial charge in [-0.15, -0.1) is 5.10 Å². The maximum absolute atomic E-state index is 13.6. The Bertz CT molecular complexity index is 787. The molecule has 0 atom stereocenters. The molecule has 0 aliphatic rings. The third kappa shape index (κ3) is 2.92. The fourth-order valence-electron chi connectivity index (χ4n) is 1.99. The molecule has 1 aromatic heterocycles. The van der Waals surface area contributed by atoms with Gasteiger partial charge in [0.1, 0.15) is 5.82 Å². The van der Waals surface area contributed by atoms with Gasteiger partial charge in [-0.25, -0.2) is 9.07 Å². The summed E-state index contributed by atoms with van der Waals surface area (Å²) in [5.74, 6) is 0.0124. The van der Waals surface area contributed by atoms with Crippen LogP contribution in [0.5, 0.6) is 0 Å². The number of anilines is 1. The molecule has 0 amide bonds. The zero-order valence-corrected chi connectivity index (χ0v) is 12.5. The van der Waals surface area contributed by atoms with Gasteiger partial charge in [-0.3, -0.25) is 0 Å². The number of nitrogens with zero attached hydrogens (tertiary/aromatic N) is 4. The second-order valence-electron chi connectivity index (χ2n) is 4.53. The Labute approximate surface area is 128 Å². The van der Waals surface area contributed by atoms with Crippen molar-refractivity contribution in [2.45, 2.75) is 6.54 Å². The zero-order chi connectivity index (χ0) is 14.8. The molecule has 7 heteroatoms. The average Bonchev–Trinajstić information content (AvgIpc) is 2.90. The predicted molar refractivity (Wildman–Crippen MR) is 80.9 cm³/mol. The Hall–Kier alpha value is -2.28. The van der Waals surface area contributed by atoms with Gasteiger partial charge in [-0.05, 0) is 46.3 Å². The van der Waals surface area contributed by atoms with Crippen LogP contribution in [-0.2, 0) is 6.54 Å². The van der Waals surface area contributed by atoms with Crippen LogP contribution in [0.15, 0.2) is 46.9 Å². The molecule has 0 saturated carbocycles. The van der Waals surface area contributed by atoms with E-state index in [2.05, 4.69) is 31.5 Å². The summed E-state index contributed by atoms with van der Waals surface area (Å²) in [6.45, 7) is 0.494. The molecule has 0 aliphatic heterocycles. The summed E-state index contributed by atoms with van der Waals surface area (Å²) in [6, 6.07) is 12.4. The lowest BCUT2D eigenvalue weighted by Gasteiger charge is -2.06. The van der Waals surface area contributed by atoms with Crippen molar-refractivity contribution in [1.82, 2.24) is 20.2 Å². The second kappa shape index (κ2) is 5.61. The van der Waals surface area contributed by atoms with Crippen molar-refractivity contribution in [2.75, 3.05) is 5.73 Å². The van der Waals surface area contributed by atoms with E-state index in [1.54, 1.807) is 10.7 Å². The first-order valence-electron chi connectivity index (χ1n) is 6.19. The standard InChI is InChI=1S/C14H11BrFN5/c15-11-3-1-2-9(6-11)8-21-14(18-19-20-21)10-4-5-13(17)12(16)7-10/h1-7H,8,17H2. The summed E-state index contributed by atoms with van der Waals surface area (Å²) in [5, 5.41) is 11.6. The third-order valence-electron chi connectivity index (χ3n) is 3.01. The maximum Gasteiger partial charge on any atom is 0.182 e. The molecule has 0 radical (unpaired) electrons. The zero-order valence-electron chi connectivity index (χ0n) is 10.9. The fourth-order valence-corrected chi connectivity index (χ4v) is 2.44. The molecular weight excluding hydrogens is 337 g/mol. The molecule has 0 unspecified atom stereocenters. The summed E-state index contributed by atoms with van der Waals surface area (Å²) in [4.78, 5) is 0. The van der Waals surface area contributed by atoms with Gasteiger partial charge in [-0.2, -0.15) is 0 Å². The molecule has 2 aromatic carbocycles. The second-order valence-corrected chi connectivity index (χ2v) is 5.44. The van der Waals surface area contributed by atoms with E-state index in [0.717, 1.165) is 10.0 Å². The summed E-state index contributed by atoms with van der Waals surface area (Å²) in [7, 11) is 0. The van der Waals surface area contributed by atoms with Crippen LogP contribution >= 0.6 is 15.9 Å². The molecule has 106 valence electrons. The van der Waals surface area contributed by atoms with Crippen molar-refractivity contribution in [3.05, 3.63) is 58.3 Å². The smallest absolute Gasteiger partial charge is 0.182 e. The Balaban J connectivity index is 1.95. The van der Waals surface area contributed by atoms with Gasteiger partial charge < -0.3 is 5.73 Å². The van der Waals surface area contributed by atoms with Gasteiger partial charge in [0, 0.05) is 10.0 Å². The summed E-state index contributed by atoms with van der Waals surface area (Å²) >= 11 is 3.42. The monoisotopic (exact) mass is 347 g/mol. The van der Waals surface area contributed by atoms with E-state index in [9.17, 15) is 4.39 Å². The van der Waals surface area contributed by atoms with Gasteiger partial charge in [-0.1, -0.05) is 28.1 Å². The first-order valence-corrected chi connectivity index (χ1v) is 6.99. The van der Waals surface area contributed by atoms with Crippen LogP contribution in [0, 0.1) is 5.82 Å². The van der Waals surface area contributed by atoms with Crippen molar-refractivity contribution < 1.29 is 4.39 Å². The van der Waals surface area contributed by atoms with Gasteiger partial charge in [0.2, 0.25) is 0 Å². The van der Waals surface area contributed by atoms with Crippen LogP contribution in [0.25, 0.3) is 11.4 Å².